The summed E-state index contributed by atoms with van der Waals surface area (Å²) in [4.78, 5) is 19.6. The fraction of sp³-hybridized carbons (Fsp3) is 0.167. The van der Waals surface area contributed by atoms with Gasteiger partial charge in [0.15, 0.2) is 6.10 Å². The Hall–Kier alpha value is -3.88. The van der Waals surface area contributed by atoms with Crippen molar-refractivity contribution in [2.24, 2.45) is 5.16 Å². The molecule has 1 aliphatic rings. The van der Waals surface area contributed by atoms with Crippen molar-refractivity contribution in [1.29, 1.82) is 0 Å². The number of rotatable bonds is 6. The third-order valence-electron chi connectivity index (χ3n) is 5.08. The minimum absolute atomic E-state index is 0.0284. The lowest BCUT2D eigenvalue weighted by Crippen LogP contribution is -2.40. The van der Waals surface area contributed by atoms with Crippen molar-refractivity contribution in [1.82, 2.24) is 4.90 Å². The largest absolute Gasteiger partial charge is 0.390 e. The smallest absolute Gasteiger partial charge is 0.322 e. The molecule has 4 rings (SSSR count). The first-order valence-corrected chi connectivity index (χ1v) is 10.1. The number of halogens is 4. The van der Waals surface area contributed by atoms with E-state index in [2.05, 4.69) is 10.5 Å². The Bertz CT molecular complexity index is 1200. The Morgan fingerprint density at radius 2 is 1.76 bits per heavy atom. The molecule has 1 heterocycles. The van der Waals surface area contributed by atoms with Gasteiger partial charge in [0.1, 0.15) is 23.3 Å². The minimum atomic E-state index is -0.811. The molecular weight excluding hydrogens is 438 g/mol. The zero-order valence-corrected chi connectivity index (χ0v) is 17.3. The average Bonchev–Trinajstić information content (AvgIpc) is 3.23. The highest BCUT2D eigenvalue weighted by molar-refractivity contribution is 6.01. The van der Waals surface area contributed by atoms with Gasteiger partial charge in [0, 0.05) is 29.3 Å². The van der Waals surface area contributed by atoms with Gasteiger partial charge in [0.2, 0.25) is 0 Å². The van der Waals surface area contributed by atoms with E-state index in [1.807, 2.05) is 0 Å². The van der Waals surface area contributed by atoms with E-state index in [0.717, 1.165) is 18.2 Å². The molecule has 0 aliphatic carbocycles. The second-order valence-electron chi connectivity index (χ2n) is 7.51. The number of carbonyl (C=O) groups is 1. The van der Waals surface area contributed by atoms with Crippen LogP contribution in [0.2, 0.25) is 0 Å². The molecule has 1 N–H and O–H groups in total. The van der Waals surface area contributed by atoms with Crippen molar-refractivity contribution in [3.05, 3.63) is 101 Å². The highest BCUT2D eigenvalue weighted by Crippen LogP contribution is 2.22. The van der Waals surface area contributed by atoms with Crippen LogP contribution in [0.25, 0.3) is 0 Å². The van der Waals surface area contributed by atoms with Gasteiger partial charge < -0.3 is 15.1 Å². The fourth-order valence-corrected chi connectivity index (χ4v) is 3.47. The normalized spacial score (nSPS) is 15.0. The van der Waals surface area contributed by atoms with Crippen molar-refractivity contribution in [2.75, 3.05) is 11.9 Å². The lowest BCUT2D eigenvalue weighted by molar-refractivity contribution is 0.0606. The van der Waals surface area contributed by atoms with E-state index in [-0.39, 0.29) is 30.8 Å². The number of nitrogens with one attached hydrogen (secondary N) is 1. The number of anilines is 1. The van der Waals surface area contributed by atoms with Gasteiger partial charge in [-0.15, -0.1) is 0 Å². The van der Waals surface area contributed by atoms with E-state index >= 15 is 0 Å². The van der Waals surface area contributed by atoms with Gasteiger partial charge in [-0.25, -0.2) is 22.4 Å². The predicted octanol–water partition coefficient (Wildman–Crippen LogP) is 5.47. The Balaban J connectivity index is 1.51. The molecule has 0 saturated heterocycles. The third-order valence-corrected chi connectivity index (χ3v) is 5.08. The van der Waals surface area contributed by atoms with Crippen molar-refractivity contribution >= 4 is 17.4 Å². The van der Waals surface area contributed by atoms with Crippen molar-refractivity contribution in [3.8, 4) is 0 Å². The van der Waals surface area contributed by atoms with Gasteiger partial charge >= 0.3 is 6.03 Å². The number of amides is 2. The lowest BCUT2D eigenvalue weighted by atomic mass is 10.0. The van der Waals surface area contributed by atoms with Crippen molar-refractivity contribution in [3.63, 3.8) is 0 Å². The first-order valence-electron chi connectivity index (χ1n) is 10.1. The van der Waals surface area contributed by atoms with Crippen LogP contribution in [0.15, 0.2) is 71.9 Å². The van der Waals surface area contributed by atoms with Crippen molar-refractivity contribution in [2.45, 2.75) is 19.1 Å². The molecule has 170 valence electrons. The molecule has 3 aromatic carbocycles. The maximum atomic E-state index is 14.3. The fourth-order valence-electron chi connectivity index (χ4n) is 3.47. The minimum Gasteiger partial charge on any atom is -0.390 e. The van der Waals surface area contributed by atoms with Crippen molar-refractivity contribution < 1.29 is 27.2 Å². The van der Waals surface area contributed by atoms with E-state index in [4.69, 9.17) is 4.84 Å². The number of carbonyl (C=O) groups excluding carboxylic acids is 1. The predicted molar refractivity (Wildman–Crippen MR) is 115 cm³/mol. The summed E-state index contributed by atoms with van der Waals surface area (Å²) < 4.78 is 55.1. The molecule has 5 nitrogen and oxygen atoms in total. The number of nitrogens with zero attached hydrogens (tertiary/aromatic N) is 2. The summed E-state index contributed by atoms with van der Waals surface area (Å²) in [5.41, 5.74) is 0.969. The maximum absolute atomic E-state index is 14.3. The van der Waals surface area contributed by atoms with Gasteiger partial charge in [-0.1, -0.05) is 35.5 Å². The van der Waals surface area contributed by atoms with Crippen LogP contribution in [0.4, 0.5) is 28.0 Å². The van der Waals surface area contributed by atoms with Gasteiger partial charge in [0.05, 0.1) is 18.8 Å². The molecule has 1 aliphatic heterocycles. The SMILES string of the molecule is O=C(Nc1cccc(F)c1)N(Cc1ccc(F)cc1F)C[C@@H]1CC(c2ccccc2F)=NO1. The van der Waals surface area contributed by atoms with Crippen LogP contribution in [0.1, 0.15) is 17.5 Å². The number of urea groups is 1. The van der Waals surface area contributed by atoms with E-state index in [0.29, 0.717) is 11.3 Å². The summed E-state index contributed by atoms with van der Waals surface area (Å²) in [6, 6.07) is 13.8. The molecule has 0 spiro atoms. The Morgan fingerprint density at radius 3 is 2.52 bits per heavy atom. The number of hydrogen-bond donors (Lipinski definition) is 1. The standard InChI is InChI=1S/C24H19F4N3O2/c25-16-4-3-5-18(10-16)29-24(32)31(13-15-8-9-17(26)11-22(15)28)14-19-12-23(30-33-19)20-6-1-2-7-21(20)27/h1-11,19H,12-14H2,(H,29,32)/t19-/m0/s1. The molecule has 3 aromatic rings. The second kappa shape index (κ2) is 9.72. The van der Waals surface area contributed by atoms with Gasteiger partial charge in [0.25, 0.3) is 0 Å². The molecule has 0 aromatic heterocycles. The average molecular weight is 457 g/mol. The number of benzene rings is 3. The van der Waals surface area contributed by atoms with Gasteiger partial charge in [-0.3, -0.25) is 0 Å². The number of oxime groups is 1. The molecule has 2 amide bonds. The molecule has 1 atom stereocenters. The van der Waals surface area contributed by atoms with Crippen LogP contribution in [-0.4, -0.2) is 29.3 Å². The summed E-state index contributed by atoms with van der Waals surface area (Å²) in [6.07, 6.45) is -0.405. The summed E-state index contributed by atoms with van der Waals surface area (Å²) in [5, 5.41) is 6.49. The van der Waals surface area contributed by atoms with Crippen LogP contribution in [0, 0.1) is 23.3 Å². The molecule has 0 radical (unpaired) electrons. The lowest BCUT2D eigenvalue weighted by Gasteiger charge is -2.25. The van der Waals surface area contributed by atoms with E-state index in [9.17, 15) is 22.4 Å². The highest BCUT2D eigenvalue weighted by Gasteiger charge is 2.28. The third kappa shape index (κ3) is 5.49. The van der Waals surface area contributed by atoms with E-state index in [1.165, 1.54) is 35.2 Å². The summed E-state index contributed by atoms with van der Waals surface area (Å²) >= 11 is 0. The molecule has 0 fully saturated rings. The van der Waals surface area contributed by atoms with E-state index in [1.54, 1.807) is 18.2 Å². The Kier molecular flexibility index (Phi) is 6.58. The maximum Gasteiger partial charge on any atom is 0.322 e. The quantitative estimate of drug-likeness (QED) is 0.499. The van der Waals surface area contributed by atoms with Crippen LogP contribution >= 0.6 is 0 Å². The molecular formula is C24H19F4N3O2. The van der Waals surface area contributed by atoms with Gasteiger partial charge in [-0.05, 0) is 30.3 Å². The Morgan fingerprint density at radius 1 is 0.970 bits per heavy atom. The van der Waals surface area contributed by atoms with Crippen LogP contribution in [0.3, 0.4) is 0 Å². The molecule has 0 bridgehead atoms. The number of hydrogen-bond acceptors (Lipinski definition) is 3. The topological polar surface area (TPSA) is 53.9 Å². The molecule has 0 unspecified atom stereocenters. The van der Waals surface area contributed by atoms with Crippen LogP contribution in [-0.2, 0) is 11.4 Å². The summed E-state index contributed by atoms with van der Waals surface area (Å²) in [6.45, 7) is -0.235. The molecule has 33 heavy (non-hydrogen) atoms. The highest BCUT2D eigenvalue weighted by atomic mass is 19.1. The first kappa shape index (κ1) is 22.3. The zero-order valence-electron chi connectivity index (χ0n) is 17.3. The van der Waals surface area contributed by atoms with E-state index < -0.39 is 35.4 Å². The first-order chi connectivity index (χ1) is 15.9. The Labute approximate surface area is 187 Å². The summed E-state index contributed by atoms with van der Waals surface area (Å²) in [7, 11) is 0. The second-order valence-corrected chi connectivity index (χ2v) is 7.51. The van der Waals surface area contributed by atoms with Gasteiger partial charge in [-0.2, -0.15) is 0 Å². The van der Waals surface area contributed by atoms with Crippen LogP contribution in [0.5, 0.6) is 0 Å². The zero-order chi connectivity index (χ0) is 23.4. The van der Waals surface area contributed by atoms with Crippen LogP contribution < -0.4 is 5.32 Å². The summed E-state index contributed by atoms with van der Waals surface area (Å²) in [5.74, 6) is -2.54. The monoisotopic (exact) mass is 457 g/mol. The molecule has 0 saturated carbocycles. The molecule has 9 heteroatoms.